The Hall–Kier alpha value is -0.630. The predicted molar refractivity (Wildman–Crippen MR) is 75.5 cm³/mol. The van der Waals surface area contributed by atoms with Gasteiger partial charge in [-0.15, -0.1) is 10.2 Å². The first-order chi connectivity index (χ1) is 8.72. The fourth-order valence-corrected chi connectivity index (χ4v) is 3.75. The van der Waals surface area contributed by atoms with Crippen molar-refractivity contribution in [3.63, 3.8) is 0 Å². The summed E-state index contributed by atoms with van der Waals surface area (Å²) in [6.07, 6.45) is 1.96. The van der Waals surface area contributed by atoms with Crippen molar-refractivity contribution in [3.05, 3.63) is 35.1 Å². The van der Waals surface area contributed by atoms with Gasteiger partial charge in [0.25, 0.3) is 0 Å². The van der Waals surface area contributed by atoms with E-state index in [0.29, 0.717) is 17.9 Å². The van der Waals surface area contributed by atoms with Gasteiger partial charge in [0.15, 0.2) is 8.68 Å². The number of thioether (sulfide) groups is 2. The molecule has 0 aliphatic rings. The molecule has 0 spiro atoms. The summed E-state index contributed by atoms with van der Waals surface area (Å²) in [6, 6.07) is 4.98. The van der Waals surface area contributed by atoms with Gasteiger partial charge in [0.2, 0.25) is 0 Å². The van der Waals surface area contributed by atoms with E-state index in [4.69, 9.17) is 5.73 Å². The van der Waals surface area contributed by atoms with Gasteiger partial charge in [-0.3, -0.25) is 0 Å². The summed E-state index contributed by atoms with van der Waals surface area (Å²) in [7, 11) is 0. The van der Waals surface area contributed by atoms with Crippen LogP contribution >= 0.6 is 34.9 Å². The maximum atomic E-state index is 13.6. The van der Waals surface area contributed by atoms with Crippen LogP contribution in [0.3, 0.4) is 0 Å². The Balaban J connectivity index is 2.05. The third kappa shape index (κ3) is 3.44. The lowest BCUT2D eigenvalue weighted by Gasteiger charge is -2.03. The van der Waals surface area contributed by atoms with E-state index in [0.717, 1.165) is 14.2 Å². The standard InChI is InChI=1S/C11H12FN3S3/c1-16-10-14-15-11(18-10)17-6-8-4-7(5-13)2-3-9(8)12/h2-4H,5-6,13H2,1H3. The van der Waals surface area contributed by atoms with E-state index < -0.39 is 0 Å². The summed E-state index contributed by atoms with van der Waals surface area (Å²) >= 11 is 4.58. The maximum absolute atomic E-state index is 13.6. The molecule has 2 aromatic rings. The first-order valence-corrected chi connectivity index (χ1v) is 8.23. The summed E-state index contributed by atoms with van der Waals surface area (Å²) in [6.45, 7) is 0.424. The van der Waals surface area contributed by atoms with Crippen molar-refractivity contribution in [1.29, 1.82) is 0 Å². The van der Waals surface area contributed by atoms with Crippen LogP contribution < -0.4 is 5.73 Å². The zero-order valence-corrected chi connectivity index (χ0v) is 12.2. The topological polar surface area (TPSA) is 51.8 Å². The van der Waals surface area contributed by atoms with Gasteiger partial charge in [0, 0.05) is 12.3 Å². The van der Waals surface area contributed by atoms with Crippen LogP contribution in [-0.2, 0) is 12.3 Å². The van der Waals surface area contributed by atoms with E-state index in [2.05, 4.69) is 10.2 Å². The average molecular weight is 301 g/mol. The van der Waals surface area contributed by atoms with Crippen LogP contribution in [0.2, 0.25) is 0 Å². The first-order valence-electron chi connectivity index (χ1n) is 5.20. The number of hydrogen-bond donors (Lipinski definition) is 1. The molecule has 0 bridgehead atoms. The van der Waals surface area contributed by atoms with Gasteiger partial charge in [-0.2, -0.15) is 0 Å². The van der Waals surface area contributed by atoms with E-state index >= 15 is 0 Å². The molecular formula is C11H12FN3S3. The zero-order valence-electron chi connectivity index (χ0n) is 9.72. The molecule has 1 aromatic carbocycles. The fraction of sp³-hybridized carbons (Fsp3) is 0.273. The van der Waals surface area contributed by atoms with Gasteiger partial charge in [-0.25, -0.2) is 4.39 Å². The van der Waals surface area contributed by atoms with E-state index in [9.17, 15) is 4.39 Å². The van der Waals surface area contributed by atoms with Gasteiger partial charge in [-0.1, -0.05) is 47.0 Å². The highest BCUT2D eigenvalue weighted by atomic mass is 32.2. The highest BCUT2D eigenvalue weighted by Crippen LogP contribution is 2.30. The Morgan fingerprint density at radius 1 is 1.33 bits per heavy atom. The number of benzene rings is 1. The molecule has 0 unspecified atom stereocenters. The number of rotatable bonds is 5. The van der Waals surface area contributed by atoms with Gasteiger partial charge < -0.3 is 5.73 Å². The van der Waals surface area contributed by atoms with Crippen LogP contribution in [0.5, 0.6) is 0 Å². The summed E-state index contributed by atoms with van der Waals surface area (Å²) in [5.41, 5.74) is 7.14. The van der Waals surface area contributed by atoms with Crippen molar-refractivity contribution in [3.8, 4) is 0 Å². The lowest BCUT2D eigenvalue weighted by atomic mass is 10.1. The summed E-state index contributed by atoms with van der Waals surface area (Å²) in [5.74, 6) is 0.345. The van der Waals surface area contributed by atoms with Crippen LogP contribution in [0.4, 0.5) is 4.39 Å². The van der Waals surface area contributed by atoms with E-state index in [1.165, 1.54) is 29.2 Å². The maximum Gasteiger partial charge on any atom is 0.175 e. The largest absolute Gasteiger partial charge is 0.326 e. The van der Waals surface area contributed by atoms with E-state index in [-0.39, 0.29) is 5.82 Å². The van der Waals surface area contributed by atoms with Crippen molar-refractivity contribution in [2.45, 2.75) is 21.0 Å². The van der Waals surface area contributed by atoms with Crippen LogP contribution in [0, 0.1) is 5.82 Å². The molecule has 96 valence electrons. The van der Waals surface area contributed by atoms with Crippen LogP contribution in [-0.4, -0.2) is 16.5 Å². The molecule has 1 heterocycles. The summed E-state index contributed by atoms with van der Waals surface area (Å²) in [4.78, 5) is 0. The van der Waals surface area contributed by atoms with Gasteiger partial charge in [0.05, 0.1) is 0 Å². The van der Waals surface area contributed by atoms with Crippen molar-refractivity contribution in [1.82, 2.24) is 10.2 Å². The first kappa shape index (κ1) is 13.8. The molecule has 0 atom stereocenters. The minimum absolute atomic E-state index is 0.200. The lowest BCUT2D eigenvalue weighted by molar-refractivity contribution is 0.616. The lowest BCUT2D eigenvalue weighted by Crippen LogP contribution is -1.98. The number of halogens is 1. The fourth-order valence-electron chi connectivity index (χ4n) is 1.34. The van der Waals surface area contributed by atoms with Crippen LogP contribution in [0.1, 0.15) is 11.1 Å². The van der Waals surface area contributed by atoms with E-state index in [1.807, 2.05) is 6.26 Å². The van der Waals surface area contributed by atoms with Crippen molar-refractivity contribution < 1.29 is 4.39 Å². The second kappa shape index (κ2) is 6.51. The monoisotopic (exact) mass is 301 g/mol. The molecule has 0 fully saturated rings. The SMILES string of the molecule is CSc1nnc(SCc2cc(CN)ccc2F)s1. The molecule has 0 aliphatic carbocycles. The Labute approximate surface area is 117 Å². The molecule has 7 heteroatoms. The van der Waals surface area contributed by atoms with Crippen molar-refractivity contribution >= 4 is 34.9 Å². The Bertz CT molecular complexity index is 530. The molecule has 2 rings (SSSR count). The molecule has 0 saturated carbocycles. The van der Waals surface area contributed by atoms with Gasteiger partial charge in [0.1, 0.15) is 5.82 Å². The number of nitrogens with two attached hydrogens (primary N) is 1. The minimum Gasteiger partial charge on any atom is -0.326 e. The molecule has 0 aliphatic heterocycles. The summed E-state index contributed by atoms with van der Waals surface area (Å²) in [5, 5.41) is 8.04. The van der Waals surface area contributed by atoms with Crippen LogP contribution in [0.15, 0.2) is 26.9 Å². The van der Waals surface area contributed by atoms with Gasteiger partial charge >= 0.3 is 0 Å². The molecular weight excluding hydrogens is 289 g/mol. The predicted octanol–water partition coefficient (Wildman–Crippen LogP) is 3.15. The third-order valence-electron chi connectivity index (χ3n) is 2.26. The Morgan fingerprint density at radius 2 is 2.11 bits per heavy atom. The van der Waals surface area contributed by atoms with Crippen LogP contribution in [0.25, 0.3) is 0 Å². The molecule has 0 saturated heterocycles. The molecule has 1 aromatic heterocycles. The quantitative estimate of drug-likeness (QED) is 0.860. The molecule has 2 N–H and O–H groups in total. The Morgan fingerprint density at radius 3 is 2.78 bits per heavy atom. The molecule has 3 nitrogen and oxygen atoms in total. The number of hydrogen-bond acceptors (Lipinski definition) is 6. The Kier molecular flexibility index (Phi) is 4.99. The number of aromatic nitrogens is 2. The number of nitrogens with zero attached hydrogens (tertiary/aromatic N) is 2. The second-order valence-electron chi connectivity index (χ2n) is 3.46. The molecule has 18 heavy (non-hydrogen) atoms. The molecule has 0 radical (unpaired) electrons. The smallest absolute Gasteiger partial charge is 0.175 e. The molecule has 0 amide bonds. The van der Waals surface area contributed by atoms with Crippen molar-refractivity contribution in [2.75, 3.05) is 6.26 Å². The normalized spacial score (nSPS) is 10.8. The van der Waals surface area contributed by atoms with Crippen molar-refractivity contribution in [2.24, 2.45) is 5.73 Å². The highest BCUT2D eigenvalue weighted by molar-refractivity contribution is 8.02. The summed E-state index contributed by atoms with van der Waals surface area (Å²) < 4.78 is 15.4. The average Bonchev–Trinajstić information content (AvgIpc) is 2.86. The highest BCUT2D eigenvalue weighted by Gasteiger charge is 2.07. The second-order valence-corrected chi connectivity index (χ2v) is 6.71. The minimum atomic E-state index is -0.200. The van der Waals surface area contributed by atoms with E-state index in [1.54, 1.807) is 23.9 Å². The van der Waals surface area contributed by atoms with Gasteiger partial charge in [-0.05, 0) is 23.4 Å². The zero-order chi connectivity index (χ0) is 13.0. The third-order valence-corrected chi connectivity index (χ3v) is 5.34.